The fourth-order valence-electron chi connectivity index (χ4n) is 2.81. The van der Waals surface area contributed by atoms with Gasteiger partial charge in [0.15, 0.2) is 0 Å². The zero-order valence-corrected chi connectivity index (χ0v) is 19.2. The van der Waals surface area contributed by atoms with Crippen LogP contribution in [0.5, 0.6) is 0 Å². The van der Waals surface area contributed by atoms with Gasteiger partial charge in [-0.1, -0.05) is 69.2 Å². The molecule has 0 unspecified atom stereocenters. The smallest absolute Gasteiger partial charge is 0.196 e. The molecule has 0 aliphatic heterocycles. The molecule has 0 radical (unpaired) electrons. The Balaban J connectivity index is 0. The van der Waals surface area contributed by atoms with Gasteiger partial charge in [-0.05, 0) is 0 Å². The monoisotopic (exact) mass is 396 g/mol. The van der Waals surface area contributed by atoms with Crippen LogP contribution >= 0.6 is 12.4 Å². The van der Waals surface area contributed by atoms with Gasteiger partial charge in [0.25, 0.3) is 0 Å². The topological polar surface area (TPSA) is 0 Å². The van der Waals surface area contributed by atoms with Crippen LogP contribution in [0.4, 0.5) is 0 Å². The molecule has 2 rings (SSSR count). The Labute approximate surface area is 163 Å². The van der Waals surface area contributed by atoms with Gasteiger partial charge in [-0.15, -0.1) is 12.4 Å². The van der Waals surface area contributed by atoms with Crippen LogP contribution in [0.3, 0.4) is 0 Å². The third kappa shape index (κ3) is 4.45. The standard InChI is InChI=1S/2C10H15.ClH.Zr/c2*1-6-7(2)9(4)10(5)8(6)3;;/h2*1-5H3;1H;/q2*-1;;+2. The molecule has 0 saturated carbocycles. The van der Waals surface area contributed by atoms with Gasteiger partial charge in [0, 0.05) is 0 Å². The average Bonchev–Trinajstić information content (AvgIpc) is 2.71. The second-order valence-corrected chi connectivity index (χ2v) is 6.25. The van der Waals surface area contributed by atoms with Gasteiger partial charge in [-0.25, -0.2) is 0 Å². The van der Waals surface area contributed by atoms with Crippen LogP contribution in [-0.4, -0.2) is 0 Å². The molecule has 0 N–H and O–H groups in total. The number of halogens is 1. The summed E-state index contributed by atoms with van der Waals surface area (Å²) in [6.45, 7) is 22.0. The van der Waals surface area contributed by atoms with E-state index in [0.29, 0.717) is 0 Å². The zero-order valence-electron chi connectivity index (χ0n) is 15.9. The molecular weight excluding hydrogens is 367 g/mol. The minimum absolute atomic E-state index is 0. The zero-order chi connectivity index (χ0) is 15.8. The van der Waals surface area contributed by atoms with Crippen molar-refractivity contribution in [1.29, 1.82) is 0 Å². The predicted octanol–water partition coefficient (Wildman–Crippen LogP) is 6.31. The Morgan fingerprint density at radius 1 is 0.455 bits per heavy atom. The van der Waals surface area contributed by atoms with Crippen molar-refractivity contribution in [1.82, 2.24) is 0 Å². The maximum Gasteiger partial charge on any atom is 2.00 e. The van der Waals surface area contributed by atoms with E-state index in [1.54, 1.807) is 0 Å². The first-order valence-electron chi connectivity index (χ1n) is 7.50. The molecule has 22 heavy (non-hydrogen) atoms. The van der Waals surface area contributed by atoms with E-state index in [0.717, 1.165) is 0 Å². The van der Waals surface area contributed by atoms with Gasteiger partial charge in [0.1, 0.15) is 0 Å². The van der Waals surface area contributed by atoms with E-state index in [1.165, 1.54) is 55.6 Å². The summed E-state index contributed by atoms with van der Waals surface area (Å²) in [6.07, 6.45) is 0. The van der Waals surface area contributed by atoms with E-state index in [1.807, 2.05) is 0 Å². The molecular formula is C20H31ClZr. The quantitative estimate of drug-likeness (QED) is 0.456. The van der Waals surface area contributed by atoms with Crippen LogP contribution in [-0.2, 0) is 26.2 Å². The second-order valence-electron chi connectivity index (χ2n) is 6.25. The first-order valence-corrected chi connectivity index (χ1v) is 7.50. The van der Waals surface area contributed by atoms with Crippen LogP contribution in [0, 0.1) is 69.2 Å². The maximum atomic E-state index is 2.20. The Bertz CT molecular complexity index is 410. The predicted molar refractivity (Wildman–Crippen MR) is 98.7 cm³/mol. The number of hydrogen-bond acceptors (Lipinski definition) is 0. The van der Waals surface area contributed by atoms with E-state index in [4.69, 9.17) is 0 Å². The summed E-state index contributed by atoms with van der Waals surface area (Å²) in [5.41, 5.74) is 14.7. The van der Waals surface area contributed by atoms with Crippen LogP contribution in [0.2, 0.25) is 0 Å². The van der Waals surface area contributed by atoms with Gasteiger partial charge in [0.2, 0.25) is 0 Å². The van der Waals surface area contributed by atoms with Gasteiger partial charge in [-0.2, -0.15) is 55.6 Å². The minimum atomic E-state index is 0. The summed E-state index contributed by atoms with van der Waals surface area (Å²) in [5, 5.41) is 0. The fraction of sp³-hybridized carbons (Fsp3) is 0.500. The van der Waals surface area contributed by atoms with Crippen molar-refractivity contribution in [2.75, 3.05) is 0 Å². The van der Waals surface area contributed by atoms with Crippen molar-refractivity contribution in [3.05, 3.63) is 55.6 Å². The molecule has 0 spiro atoms. The van der Waals surface area contributed by atoms with Crippen molar-refractivity contribution < 1.29 is 26.2 Å². The summed E-state index contributed by atoms with van der Waals surface area (Å²) >= 11 is 0. The van der Waals surface area contributed by atoms with Crippen LogP contribution in [0.15, 0.2) is 0 Å². The molecule has 0 amide bonds. The first kappa shape index (κ1) is 24.1. The van der Waals surface area contributed by atoms with Crippen molar-refractivity contribution in [3.8, 4) is 0 Å². The molecule has 0 fully saturated rings. The van der Waals surface area contributed by atoms with E-state index in [2.05, 4.69) is 69.2 Å². The van der Waals surface area contributed by atoms with Gasteiger partial charge in [-0.3, -0.25) is 0 Å². The Hall–Kier alpha value is -0.127. The largest absolute Gasteiger partial charge is 2.00 e. The Morgan fingerprint density at radius 3 is 0.636 bits per heavy atom. The average molecular weight is 398 g/mol. The molecule has 2 aromatic rings. The van der Waals surface area contributed by atoms with Crippen LogP contribution in [0.25, 0.3) is 0 Å². The molecule has 2 aromatic carbocycles. The fourth-order valence-corrected chi connectivity index (χ4v) is 2.81. The van der Waals surface area contributed by atoms with Gasteiger partial charge in [0.05, 0.1) is 0 Å². The molecule has 0 bridgehead atoms. The Kier molecular flexibility index (Phi) is 10.1. The van der Waals surface area contributed by atoms with Gasteiger partial charge < -0.3 is 0 Å². The number of rotatable bonds is 0. The van der Waals surface area contributed by atoms with E-state index in [9.17, 15) is 0 Å². The van der Waals surface area contributed by atoms with Gasteiger partial charge >= 0.3 is 26.2 Å². The van der Waals surface area contributed by atoms with Crippen molar-refractivity contribution in [3.63, 3.8) is 0 Å². The van der Waals surface area contributed by atoms with E-state index < -0.39 is 0 Å². The molecule has 0 atom stereocenters. The summed E-state index contributed by atoms with van der Waals surface area (Å²) in [4.78, 5) is 0. The molecule has 0 nitrogen and oxygen atoms in total. The van der Waals surface area contributed by atoms with Crippen molar-refractivity contribution >= 4 is 12.4 Å². The Morgan fingerprint density at radius 2 is 0.591 bits per heavy atom. The summed E-state index contributed by atoms with van der Waals surface area (Å²) in [6, 6.07) is 0. The molecule has 0 aliphatic carbocycles. The third-order valence-corrected chi connectivity index (χ3v) is 5.62. The van der Waals surface area contributed by atoms with Crippen LogP contribution < -0.4 is 0 Å². The first-order chi connectivity index (χ1) is 9.11. The number of hydrogen-bond donors (Lipinski definition) is 0. The normalized spacial score (nSPS) is 9.55. The van der Waals surface area contributed by atoms with Crippen LogP contribution in [0.1, 0.15) is 55.6 Å². The minimum Gasteiger partial charge on any atom is -0.196 e. The molecule has 2 heteroatoms. The maximum absolute atomic E-state index is 2.20. The van der Waals surface area contributed by atoms with E-state index in [-0.39, 0.29) is 38.6 Å². The van der Waals surface area contributed by atoms with E-state index >= 15 is 0 Å². The summed E-state index contributed by atoms with van der Waals surface area (Å²) in [7, 11) is 0. The van der Waals surface area contributed by atoms with Crippen molar-refractivity contribution in [2.45, 2.75) is 69.2 Å². The summed E-state index contributed by atoms with van der Waals surface area (Å²) in [5.74, 6) is 0. The molecule has 0 aromatic heterocycles. The summed E-state index contributed by atoms with van der Waals surface area (Å²) < 4.78 is 0. The second kappa shape index (κ2) is 9.24. The molecule has 0 aliphatic rings. The SMILES string of the molecule is Cc1c(C)c(C)[c-](C)c1C.Cc1c(C)c(C)[c-](C)c1C.Cl.[Zr+2]. The molecule has 122 valence electrons. The third-order valence-electron chi connectivity index (χ3n) is 5.62. The molecule has 0 saturated heterocycles. The van der Waals surface area contributed by atoms with Crippen molar-refractivity contribution in [2.24, 2.45) is 0 Å². The molecule has 0 heterocycles.